The van der Waals surface area contributed by atoms with E-state index in [4.69, 9.17) is 9.53 Å². The molecular formula is C12H16O3. The summed E-state index contributed by atoms with van der Waals surface area (Å²) in [5.41, 5.74) is 0. The van der Waals surface area contributed by atoms with Crippen molar-refractivity contribution in [2.75, 3.05) is 0 Å². The van der Waals surface area contributed by atoms with E-state index >= 15 is 0 Å². The number of para-hydroxylation sites is 1. The van der Waals surface area contributed by atoms with Crippen molar-refractivity contribution in [2.24, 2.45) is 5.92 Å². The zero-order valence-electron chi connectivity index (χ0n) is 9.27. The molecule has 3 nitrogen and oxygen atoms in total. The monoisotopic (exact) mass is 208 g/mol. The summed E-state index contributed by atoms with van der Waals surface area (Å²) in [4.78, 5) is 19.9. The van der Waals surface area contributed by atoms with E-state index in [1.165, 1.54) is 6.92 Å². The largest absolute Gasteiger partial charge is 0.426 e. The highest BCUT2D eigenvalue weighted by molar-refractivity contribution is 5.74. The fourth-order valence-corrected chi connectivity index (χ4v) is 0.723. The zero-order valence-corrected chi connectivity index (χ0v) is 9.27. The van der Waals surface area contributed by atoms with Gasteiger partial charge in [-0.25, -0.2) is 0 Å². The van der Waals surface area contributed by atoms with Crippen LogP contribution in [0.25, 0.3) is 0 Å². The SMILES string of the molecule is CC(C)C(=O)Oc1ccccc1.CC=O. The van der Waals surface area contributed by atoms with E-state index < -0.39 is 0 Å². The number of aldehydes is 1. The van der Waals surface area contributed by atoms with Crippen molar-refractivity contribution in [3.05, 3.63) is 30.3 Å². The van der Waals surface area contributed by atoms with Gasteiger partial charge in [0.2, 0.25) is 0 Å². The van der Waals surface area contributed by atoms with Crippen LogP contribution in [0.2, 0.25) is 0 Å². The number of hydrogen-bond acceptors (Lipinski definition) is 3. The number of hydrogen-bond donors (Lipinski definition) is 0. The third kappa shape index (κ3) is 6.43. The fourth-order valence-electron chi connectivity index (χ4n) is 0.723. The third-order valence-electron chi connectivity index (χ3n) is 1.43. The molecule has 82 valence electrons. The van der Waals surface area contributed by atoms with Gasteiger partial charge in [0, 0.05) is 0 Å². The Labute approximate surface area is 90.1 Å². The van der Waals surface area contributed by atoms with Crippen LogP contribution in [-0.2, 0) is 9.59 Å². The van der Waals surface area contributed by atoms with Crippen LogP contribution in [0.5, 0.6) is 5.75 Å². The van der Waals surface area contributed by atoms with Gasteiger partial charge in [-0.05, 0) is 19.1 Å². The summed E-state index contributed by atoms with van der Waals surface area (Å²) in [6, 6.07) is 9.08. The minimum absolute atomic E-state index is 0.0785. The van der Waals surface area contributed by atoms with E-state index in [9.17, 15) is 4.79 Å². The maximum atomic E-state index is 11.1. The van der Waals surface area contributed by atoms with Crippen LogP contribution in [0.4, 0.5) is 0 Å². The number of esters is 1. The summed E-state index contributed by atoms with van der Waals surface area (Å²) >= 11 is 0. The first-order chi connectivity index (χ1) is 7.11. The summed E-state index contributed by atoms with van der Waals surface area (Å²) in [6.45, 7) is 5.07. The van der Waals surface area contributed by atoms with E-state index in [2.05, 4.69) is 0 Å². The topological polar surface area (TPSA) is 43.4 Å². The van der Waals surface area contributed by atoms with Crippen molar-refractivity contribution < 1.29 is 14.3 Å². The Hall–Kier alpha value is -1.64. The number of benzene rings is 1. The Kier molecular flexibility index (Phi) is 6.89. The van der Waals surface area contributed by atoms with Crippen LogP contribution >= 0.6 is 0 Å². The van der Waals surface area contributed by atoms with Crippen LogP contribution in [0.3, 0.4) is 0 Å². The quantitative estimate of drug-likeness (QED) is 0.426. The second-order valence-corrected chi connectivity index (χ2v) is 3.12. The molecule has 0 heterocycles. The number of carbonyl (C=O) groups is 2. The second kappa shape index (κ2) is 7.74. The molecule has 0 aliphatic carbocycles. The molecule has 0 aliphatic rings. The number of carbonyl (C=O) groups excluding carboxylic acids is 2. The maximum Gasteiger partial charge on any atom is 0.313 e. The van der Waals surface area contributed by atoms with Crippen molar-refractivity contribution in [2.45, 2.75) is 20.8 Å². The van der Waals surface area contributed by atoms with Gasteiger partial charge in [0.15, 0.2) is 0 Å². The molecule has 1 aromatic rings. The molecule has 0 N–H and O–H groups in total. The number of rotatable bonds is 2. The predicted molar refractivity (Wildman–Crippen MR) is 58.7 cm³/mol. The van der Waals surface area contributed by atoms with Gasteiger partial charge in [0.25, 0.3) is 0 Å². The van der Waals surface area contributed by atoms with Gasteiger partial charge >= 0.3 is 5.97 Å². The Bertz CT molecular complexity index is 291. The minimum atomic E-state index is -0.193. The van der Waals surface area contributed by atoms with Crippen LogP contribution in [0, 0.1) is 5.92 Å². The van der Waals surface area contributed by atoms with E-state index in [0.29, 0.717) is 5.75 Å². The van der Waals surface area contributed by atoms with E-state index in [1.54, 1.807) is 12.1 Å². The Morgan fingerprint density at radius 2 is 1.73 bits per heavy atom. The molecule has 0 fully saturated rings. The van der Waals surface area contributed by atoms with Gasteiger partial charge in [-0.1, -0.05) is 32.0 Å². The Morgan fingerprint density at radius 3 is 2.13 bits per heavy atom. The first-order valence-electron chi connectivity index (χ1n) is 4.78. The van der Waals surface area contributed by atoms with Gasteiger partial charge < -0.3 is 9.53 Å². The van der Waals surface area contributed by atoms with Crippen molar-refractivity contribution in [1.29, 1.82) is 0 Å². The molecular weight excluding hydrogens is 192 g/mol. The van der Waals surface area contributed by atoms with E-state index in [-0.39, 0.29) is 11.9 Å². The summed E-state index contributed by atoms with van der Waals surface area (Å²) in [5.74, 6) is 0.336. The van der Waals surface area contributed by atoms with E-state index in [0.717, 1.165) is 6.29 Å². The summed E-state index contributed by atoms with van der Waals surface area (Å²) < 4.78 is 5.04. The molecule has 3 heteroatoms. The smallest absolute Gasteiger partial charge is 0.313 e. The van der Waals surface area contributed by atoms with Gasteiger partial charge in [-0.15, -0.1) is 0 Å². The lowest BCUT2D eigenvalue weighted by Gasteiger charge is -2.05. The first-order valence-corrected chi connectivity index (χ1v) is 4.78. The van der Waals surface area contributed by atoms with Crippen LogP contribution in [0.1, 0.15) is 20.8 Å². The minimum Gasteiger partial charge on any atom is -0.426 e. The first kappa shape index (κ1) is 13.4. The van der Waals surface area contributed by atoms with E-state index in [1.807, 2.05) is 32.0 Å². The zero-order chi connectivity index (χ0) is 11.7. The lowest BCUT2D eigenvalue weighted by molar-refractivity contribution is -0.137. The second-order valence-electron chi connectivity index (χ2n) is 3.12. The Balaban J connectivity index is 0.000000583. The normalized spacial score (nSPS) is 8.80. The molecule has 0 aliphatic heterocycles. The molecule has 0 spiro atoms. The molecule has 0 atom stereocenters. The molecule has 0 amide bonds. The molecule has 0 bridgehead atoms. The lowest BCUT2D eigenvalue weighted by atomic mass is 10.2. The average molecular weight is 208 g/mol. The highest BCUT2D eigenvalue weighted by Crippen LogP contribution is 2.10. The maximum absolute atomic E-state index is 11.1. The van der Waals surface area contributed by atoms with Crippen LogP contribution < -0.4 is 4.74 Å². The average Bonchev–Trinajstić information content (AvgIpc) is 2.20. The van der Waals surface area contributed by atoms with Crippen molar-refractivity contribution >= 4 is 12.3 Å². The molecule has 15 heavy (non-hydrogen) atoms. The molecule has 1 rings (SSSR count). The van der Waals surface area contributed by atoms with Crippen molar-refractivity contribution in [1.82, 2.24) is 0 Å². The molecule has 0 radical (unpaired) electrons. The molecule has 0 saturated carbocycles. The standard InChI is InChI=1S/C10H12O2.C2H4O/c1-8(2)10(11)12-9-6-4-3-5-7-9;1-2-3/h3-8H,1-2H3;2H,1H3. The highest BCUT2D eigenvalue weighted by atomic mass is 16.5. The summed E-state index contributed by atoms with van der Waals surface area (Å²) in [6.07, 6.45) is 0.750. The Morgan fingerprint density at radius 1 is 1.27 bits per heavy atom. The van der Waals surface area contributed by atoms with Gasteiger partial charge in [0.05, 0.1) is 5.92 Å². The van der Waals surface area contributed by atoms with Crippen molar-refractivity contribution in [3.63, 3.8) is 0 Å². The fraction of sp³-hybridized carbons (Fsp3) is 0.333. The molecule has 0 unspecified atom stereocenters. The number of ether oxygens (including phenoxy) is 1. The van der Waals surface area contributed by atoms with Crippen LogP contribution in [-0.4, -0.2) is 12.3 Å². The third-order valence-corrected chi connectivity index (χ3v) is 1.43. The van der Waals surface area contributed by atoms with Gasteiger partial charge in [-0.2, -0.15) is 0 Å². The predicted octanol–water partition coefficient (Wildman–Crippen LogP) is 2.45. The molecule has 1 aromatic carbocycles. The summed E-state index contributed by atoms with van der Waals surface area (Å²) in [5, 5.41) is 0. The summed E-state index contributed by atoms with van der Waals surface area (Å²) in [7, 11) is 0. The molecule has 0 aromatic heterocycles. The van der Waals surface area contributed by atoms with Gasteiger partial charge in [0.1, 0.15) is 12.0 Å². The lowest BCUT2D eigenvalue weighted by Crippen LogP contribution is -2.14. The van der Waals surface area contributed by atoms with Crippen LogP contribution in [0.15, 0.2) is 30.3 Å². The highest BCUT2D eigenvalue weighted by Gasteiger charge is 2.08. The van der Waals surface area contributed by atoms with Gasteiger partial charge in [-0.3, -0.25) is 4.79 Å². The van der Waals surface area contributed by atoms with Crippen molar-refractivity contribution in [3.8, 4) is 5.75 Å². The molecule has 0 saturated heterocycles.